The fourth-order valence-electron chi connectivity index (χ4n) is 3.53. The van der Waals surface area contributed by atoms with Gasteiger partial charge in [-0.2, -0.15) is 0 Å². The van der Waals surface area contributed by atoms with Gasteiger partial charge in [-0.1, -0.05) is 18.2 Å². The van der Waals surface area contributed by atoms with E-state index in [0.717, 1.165) is 18.5 Å². The number of pyridine rings is 1. The highest BCUT2D eigenvalue weighted by atomic mass is 32.2. The molecular formula is C26H27FN4O5S2. The Morgan fingerprint density at radius 1 is 1.16 bits per heavy atom. The summed E-state index contributed by atoms with van der Waals surface area (Å²) in [5.41, 5.74) is 7.28. The number of H-pyrrole nitrogens is 1. The third kappa shape index (κ3) is 6.84. The van der Waals surface area contributed by atoms with Crippen molar-refractivity contribution in [3.63, 3.8) is 0 Å². The number of benzene rings is 1. The van der Waals surface area contributed by atoms with Crippen LogP contribution in [-0.2, 0) is 19.9 Å². The van der Waals surface area contributed by atoms with Crippen molar-refractivity contribution in [1.29, 1.82) is 0 Å². The molecule has 0 aliphatic carbocycles. The van der Waals surface area contributed by atoms with Crippen LogP contribution in [0.4, 0.5) is 4.39 Å². The van der Waals surface area contributed by atoms with Crippen LogP contribution in [0.25, 0.3) is 22.2 Å². The van der Waals surface area contributed by atoms with Crippen molar-refractivity contribution in [2.75, 3.05) is 6.26 Å². The topological polar surface area (TPSA) is 152 Å². The first-order valence-electron chi connectivity index (χ1n) is 11.3. The fourth-order valence-corrected chi connectivity index (χ4v) is 5.30. The molecule has 12 heteroatoms. The van der Waals surface area contributed by atoms with Gasteiger partial charge >= 0.3 is 0 Å². The van der Waals surface area contributed by atoms with Crippen LogP contribution >= 0.6 is 0 Å². The number of halogens is 1. The lowest BCUT2D eigenvalue weighted by Crippen LogP contribution is -2.23. The fraction of sp³-hybridized carbons (Fsp3) is 0.154. The summed E-state index contributed by atoms with van der Waals surface area (Å²) in [6, 6.07) is 8.02. The van der Waals surface area contributed by atoms with Crippen LogP contribution in [0, 0.1) is 0 Å². The van der Waals surface area contributed by atoms with Crippen molar-refractivity contribution in [2.24, 2.45) is 5.73 Å². The summed E-state index contributed by atoms with van der Waals surface area (Å²) >= 11 is 0. The van der Waals surface area contributed by atoms with Gasteiger partial charge in [-0.25, -0.2) is 26.2 Å². The molecule has 38 heavy (non-hydrogen) atoms. The number of nitrogens with two attached hydrogens (primary N) is 1. The molecular weight excluding hydrogens is 531 g/mol. The second-order valence-corrected chi connectivity index (χ2v) is 12.1. The second kappa shape index (κ2) is 11.6. The van der Waals surface area contributed by atoms with Gasteiger partial charge in [-0.15, -0.1) is 0 Å². The number of hydrogen-bond acceptors (Lipinski definition) is 7. The van der Waals surface area contributed by atoms with Crippen molar-refractivity contribution in [3.8, 4) is 11.1 Å². The van der Waals surface area contributed by atoms with Crippen LogP contribution in [0.2, 0.25) is 0 Å². The number of rotatable bonds is 10. The summed E-state index contributed by atoms with van der Waals surface area (Å²) in [6.07, 6.45) is 9.50. The van der Waals surface area contributed by atoms with E-state index >= 15 is 0 Å². The Labute approximate surface area is 220 Å². The van der Waals surface area contributed by atoms with Crippen molar-refractivity contribution in [1.82, 2.24) is 14.7 Å². The van der Waals surface area contributed by atoms with E-state index in [2.05, 4.69) is 14.7 Å². The van der Waals surface area contributed by atoms with Gasteiger partial charge in [0.2, 0.25) is 0 Å². The molecule has 0 aliphatic rings. The van der Waals surface area contributed by atoms with Gasteiger partial charge in [0.25, 0.3) is 10.0 Å². The van der Waals surface area contributed by atoms with Crippen molar-refractivity contribution < 1.29 is 26.0 Å². The molecule has 0 saturated heterocycles. The van der Waals surface area contributed by atoms with Gasteiger partial charge < -0.3 is 10.7 Å². The van der Waals surface area contributed by atoms with Crippen molar-refractivity contribution in [2.45, 2.75) is 25.2 Å². The predicted molar refractivity (Wildman–Crippen MR) is 146 cm³/mol. The Bertz CT molecular complexity index is 1720. The third-order valence-electron chi connectivity index (χ3n) is 5.37. The summed E-state index contributed by atoms with van der Waals surface area (Å²) < 4.78 is 65.3. The molecule has 0 saturated carbocycles. The van der Waals surface area contributed by atoms with Gasteiger partial charge in [0.1, 0.15) is 16.4 Å². The maximum atomic E-state index is 14.6. The lowest BCUT2D eigenvalue weighted by Gasteiger charge is -2.08. The molecule has 0 radical (unpaired) electrons. The average molecular weight is 559 g/mol. The molecule has 0 aliphatic heterocycles. The molecule has 0 amide bonds. The summed E-state index contributed by atoms with van der Waals surface area (Å²) in [6.45, 7) is 3.07. The molecule has 9 nitrogen and oxygen atoms in total. The van der Waals surface area contributed by atoms with E-state index in [-0.39, 0.29) is 21.1 Å². The zero-order valence-electron chi connectivity index (χ0n) is 20.9. The maximum absolute atomic E-state index is 14.6. The highest BCUT2D eigenvalue weighted by Crippen LogP contribution is 2.27. The van der Waals surface area contributed by atoms with E-state index in [1.54, 1.807) is 31.3 Å². The van der Waals surface area contributed by atoms with E-state index in [1.807, 2.05) is 0 Å². The van der Waals surface area contributed by atoms with E-state index in [9.17, 15) is 26.0 Å². The highest BCUT2D eigenvalue weighted by Gasteiger charge is 2.17. The predicted octanol–water partition coefficient (Wildman–Crippen LogP) is 4.26. The molecule has 3 aromatic rings. The molecule has 0 spiro atoms. The zero-order valence-corrected chi connectivity index (χ0v) is 22.5. The summed E-state index contributed by atoms with van der Waals surface area (Å²) in [5.74, 6) is -1.31. The summed E-state index contributed by atoms with van der Waals surface area (Å²) in [7, 11) is -7.35. The number of fused-ring (bicyclic) bond motifs is 1. The summed E-state index contributed by atoms with van der Waals surface area (Å²) in [5, 5.41) is 0.453. The van der Waals surface area contributed by atoms with Crippen LogP contribution in [0.15, 0.2) is 94.6 Å². The van der Waals surface area contributed by atoms with E-state index in [4.69, 9.17) is 5.73 Å². The van der Waals surface area contributed by atoms with Gasteiger partial charge in [-0.3, -0.25) is 9.52 Å². The van der Waals surface area contributed by atoms with Crippen molar-refractivity contribution in [3.05, 3.63) is 95.2 Å². The standard InChI is InChI=1S/C26H27FN4O5S2/c1-4-6-22(14-28)38(35,36)31-17(2)9-10-20(27)13-25(32)24-16-30-26-23(24)12-19(15-29-26)18-7-5-8-21(11-18)37(3,33)34/h4-12,14-16,31H,13,28H2,1-3H3,(H,29,30)/b6-4-,17-9+,20-10+,22-14+. The van der Waals surface area contributed by atoms with Crippen LogP contribution in [0.3, 0.4) is 0 Å². The number of hydrogen-bond donors (Lipinski definition) is 3. The van der Waals surface area contributed by atoms with Crippen LogP contribution < -0.4 is 10.5 Å². The quantitative estimate of drug-likeness (QED) is 0.248. The van der Waals surface area contributed by atoms with Crippen LogP contribution in [0.1, 0.15) is 30.6 Å². The lowest BCUT2D eigenvalue weighted by atomic mass is 10.0. The third-order valence-corrected chi connectivity index (χ3v) is 7.97. The number of carbonyl (C=O) groups excluding carboxylic acids is 1. The zero-order chi connectivity index (χ0) is 28.1. The minimum atomic E-state index is -3.93. The number of aromatic nitrogens is 2. The van der Waals surface area contributed by atoms with Gasteiger partial charge in [0.15, 0.2) is 15.6 Å². The molecule has 200 valence electrons. The van der Waals surface area contributed by atoms with Gasteiger partial charge in [-0.05, 0) is 55.8 Å². The number of allylic oxidation sites excluding steroid dienone is 6. The molecule has 3 rings (SSSR count). The van der Waals surface area contributed by atoms with Crippen LogP contribution in [0.5, 0.6) is 0 Å². The lowest BCUT2D eigenvalue weighted by molar-refractivity contribution is 0.0988. The highest BCUT2D eigenvalue weighted by molar-refractivity contribution is 7.93. The largest absolute Gasteiger partial charge is 0.403 e. The number of sulfone groups is 1. The molecule has 0 unspecified atom stereocenters. The molecule has 2 heterocycles. The average Bonchev–Trinajstić information content (AvgIpc) is 3.28. The Kier molecular flexibility index (Phi) is 8.69. The number of ketones is 1. The number of nitrogens with one attached hydrogen (secondary N) is 2. The Morgan fingerprint density at radius 2 is 1.89 bits per heavy atom. The Balaban J connectivity index is 1.82. The monoisotopic (exact) mass is 558 g/mol. The van der Waals surface area contributed by atoms with E-state index in [1.165, 1.54) is 43.5 Å². The second-order valence-electron chi connectivity index (χ2n) is 8.36. The minimum Gasteiger partial charge on any atom is -0.403 e. The SMILES string of the molecule is C/C=C\C(=C/N)S(=O)(=O)N/C(C)=C/C=C(/F)CC(=O)c1c[nH]c2ncc(-c3cccc(S(C)(=O)=O)c3)cc12. The smallest absolute Gasteiger partial charge is 0.263 e. The molecule has 1 aromatic carbocycles. The van der Waals surface area contributed by atoms with Crippen LogP contribution in [-0.4, -0.2) is 38.8 Å². The first-order chi connectivity index (χ1) is 17.9. The number of nitrogens with zero attached hydrogens (tertiary/aromatic N) is 1. The maximum Gasteiger partial charge on any atom is 0.263 e. The first kappa shape index (κ1) is 28.5. The molecule has 2 aromatic heterocycles. The normalized spacial score (nSPS) is 13.8. The molecule has 4 N–H and O–H groups in total. The minimum absolute atomic E-state index is 0.119. The Hall–Kier alpha value is -4.03. The first-order valence-corrected chi connectivity index (χ1v) is 14.6. The number of sulfonamides is 1. The molecule has 0 fully saturated rings. The number of carbonyl (C=O) groups is 1. The van der Waals surface area contributed by atoms with Gasteiger partial charge in [0, 0.05) is 47.1 Å². The van der Waals surface area contributed by atoms with E-state index < -0.39 is 37.9 Å². The molecule has 0 bridgehead atoms. The summed E-state index contributed by atoms with van der Waals surface area (Å²) in [4.78, 5) is 20.0. The number of Topliss-reactive ketones (excluding diaryl/α,β-unsaturated/α-hetero) is 1. The van der Waals surface area contributed by atoms with Gasteiger partial charge in [0.05, 0.1) is 11.3 Å². The van der Waals surface area contributed by atoms with E-state index in [0.29, 0.717) is 22.2 Å². The van der Waals surface area contributed by atoms with Crippen molar-refractivity contribution >= 4 is 36.7 Å². The molecule has 0 atom stereocenters. The Morgan fingerprint density at radius 3 is 2.55 bits per heavy atom. The number of aromatic amines is 1.